The third kappa shape index (κ3) is 2.94. The summed E-state index contributed by atoms with van der Waals surface area (Å²) in [5.41, 5.74) is 4.11. The second-order valence-electron chi connectivity index (χ2n) is 7.80. The summed E-state index contributed by atoms with van der Waals surface area (Å²) in [4.78, 5) is 6.59. The molecule has 4 heteroatoms. The van der Waals surface area contributed by atoms with Gasteiger partial charge in [0.15, 0.2) is 0 Å². The molecule has 0 saturated carbocycles. The number of fused-ring (bicyclic) bond motifs is 4. The lowest BCUT2D eigenvalue weighted by molar-refractivity contribution is 0.0663. The highest BCUT2D eigenvalue weighted by Gasteiger charge is 2.49. The molecular weight excluding hydrogens is 310 g/mol. The highest BCUT2D eigenvalue weighted by atomic mass is 16.3. The van der Waals surface area contributed by atoms with E-state index in [4.69, 9.17) is 0 Å². The largest absolute Gasteiger partial charge is 0.508 e. The van der Waals surface area contributed by atoms with Crippen LogP contribution in [0.3, 0.4) is 0 Å². The molecule has 1 fully saturated rings. The standard InChI is InChI=1S/C21H27N3O/c1-21-8-12-24(2)19(13-16-3-4-17(25)14-18(16)21)20(21)23-11-7-15-5-9-22-10-6-15/h3-6,9-10,14,19-20,23,25H,7-8,11-13H2,1-2H3/t19-,20-,21-/m1/s1. The molecule has 2 bridgehead atoms. The van der Waals surface area contributed by atoms with Gasteiger partial charge >= 0.3 is 0 Å². The number of likely N-dealkylation sites (N-methyl/N-ethyl adjacent to an activating group) is 1. The van der Waals surface area contributed by atoms with Crippen molar-refractivity contribution in [2.75, 3.05) is 20.1 Å². The predicted molar refractivity (Wildman–Crippen MR) is 99.9 cm³/mol. The number of piperidine rings is 1. The fourth-order valence-corrected chi connectivity index (χ4v) is 4.77. The molecule has 0 amide bonds. The first kappa shape index (κ1) is 16.6. The molecule has 2 N–H and O–H groups in total. The monoisotopic (exact) mass is 337 g/mol. The van der Waals surface area contributed by atoms with Crippen molar-refractivity contribution in [2.24, 2.45) is 0 Å². The van der Waals surface area contributed by atoms with E-state index < -0.39 is 0 Å². The molecule has 25 heavy (non-hydrogen) atoms. The Labute approximate surface area is 149 Å². The van der Waals surface area contributed by atoms with Crippen molar-refractivity contribution in [1.82, 2.24) is 15.2 Å². The molecule has 0 spiro atoms. The average Bonchev–Trinajstić information content (AvgIpc) is 2.62. The van der Waals surface area contributed by atoms with Crippen LogP contribution in [0.25, 0.3) is 0 Å². The Balaban J connectivity index is 1.58. The first-order chi connectivity index (χ1) is 12.1. The summed E-state index contributed by atoms with van der Waals surface area (Å²) in [5.74, 6) is 0.382. The summed E-state index contributed by atoms with van der Waals surface area (Å²) in [5, 5.41) is 13.9. The van der Waals surface area contributed by atoms with Crippen LogP contribution in [0.4, 0.5) is 0 Å². The quantitative estimate of drug-likeness (QED) is 0.900. The van der Waals surface area contributed by atoms with Gasteiger partial charge in [0.05, 0.1) is 0 Å². The van der Waals surface area contributed by atoms with Crippen molar-refractivity contribution < 1.29 is 5.11 Å². The van der Waals surface area contributed by atoms with Gasteiger partial charge in [-0.2, -0.15) is 0 Å². The van der Waals surface area contributed by atoms with E-state index in [1.807, 2.05) is 24.5 Å². The predicted octanol–water partition coefficient (Wildman–Crippen LogP) is 2.51. The zero-order valence-electron chi connectivity index (χ0n) is 15.1. The second kappa shape index (κ2) is 6.43. The summed E-state index contributed by atoms with van der Waals surface area (Å²) in [6, 6.07) is 11.0. The summed E-state index contributed by atoms with van der Waals surface area (Å²) in [6.07, 6.45) is 6.90. The highest BCUT2D eigenvalue weighted by Crippen LogP contribution is 2.45. The zero-order valence-corrected chi connectivity index (χ0v) is 15.1. The molecular formula is C21H27N3O. The number of aromatic nitrogens is 1. The van der Waals surface area contributed by atoms with Gasteiger partial charge in [0, 0.05) is 29.9 Å². The van der Waals surface area contributed by atoms with Crippen molar-refractivity contribution >= 4 is 0 Å². The third-order valence-corrected chi connectivity index (χ3v) is 6.29. The van der Waals surface area contributed by atoms with Gasteiger partial charge in [-0.25, -0.2) is 0 Å². The van der Waals surface area contributed by atoms with Crippen LogP contribution in [0.5, 0.6) is 5.75 Å². The first-order valence-electron chi connectivity index (χ1n) is 9.23. The van der Waals surface area contributed by atoms with Gasteiger partial charge in [0.25, 0.3) is 0 Å². The molecule has 1 aromatic heterocycles. The number of phenols is 1. The van der Waals surface area contributed by atoms with Crippen LogP contribution in [0, 0.1) is 0 Å². The van der Waals surface area contributed by atoms with E-state index >= 15 is 0 Å². The number of benzene rings is 1. The van der Waals surface area contributed by atoms with E-state index in [9.17, 15) is 5.11 Å². The number of hydrogen-bond acceptors (Lipinski definition) is 4. The molecule has 2 aromatic rings. The minimum Gasteiger partial charge on any atom is -0.508 e. The van der Waals surface area contributed by atoms with Crippen LogP contribution in [0.1, 0.15) is 30.0 Å². The molecule has 2 aliphatic rings. The highest BCUT2D eigenvalue weighted by molar-refractivity contribution is 5.45. The molecule has 1 aliphatic heterocycles. The fourth-order valence-electron chi connectivity index (χ4n) is 4.77. The van der Waals surface area contributed by atoms with E-state index in [2.05, 4.69) is 47.4 Å². The molecule has 0 radical (unpaired) electrons. The Hall–Kier alpha value is -1.91. The molecule has 132 valence electrons. The van der Waals surface area contributed by atoms with Crippen LogP contribution in [0.15, 0.2) is 42.7 Å². The first-order valence-corrected chi connectivity index (χ1v) is 9.23. The van der Waals surface area contributed by atoms with E-state index in [1.54, 1.807) is 0 Å². The molecule has 1 aliphatic carbocycles. The van der Waals surface area contributed by atoms with E-state index in [1.165, 1.54) is 16.7 Å². The minimum absolute atomic E-state index is 0.0712. The van der Waals surface area contributed by atoms with Crippen molar-refractivity contribution in [3.8, 4) is 5.75 Å². The van der Waals surface area contributed by atoms with Crippen LogP contribution in [-0.2, 0) is 18.3 Å². The fraction of sp³-hybridized carbons (Fsp3) is 0.476. The Morgan fingerprint density at radius 3 is 2.88 bits per heavy atom. The molecule has 2 heterocycles. The van der Waals surface area contributed by atoms with Gasteiger partial charge in [-0.1, -0.05) is 13.0 Å². The topological polar surface area (TPSA) is 48.4 Å². The van der Waals surface area contributed by atoms with Crippen LogP contribution in [-0.4, -0.2) is 47.2 Å². The lowest BCUT2D eigenvalue weighted by Crippen LogP contribution is -2.66. The van der Waals surface area contributed by atoms with Crippen molar-refractivity contribution in [3.05, 3.63) is 59.4 Å². The van der Waals surface area contributed by atoms with Crippen molar-refractivity contribution in [1.29, 1.82) is 0 Å². The SMILES string of the molecule is CN1CC[C@]2(C)c3cc(O)ccc3C[C@@H]1[C@H]2NCCc1ccncc1. The smallest absolute Gasteiger partial charge is 0.115 e. The Morgan fingerprint density at radius 2 is 2.08 bits per heavy atom. The maximum atomic E-state index is 10.0. The van der Waals surface area contributed by atoms with Crippen LogP contribution >= 0.6 is 0 Å². The average molecular weight is 337 g/mol. The van der Waals surface area contributed by atoms with E-state index in [0.29, 0.717) is 17.8 Å². The Morgan fingerprint density at radius 1 is 1.28 bits per heavy atom. The number of pyridine rings is 1. The Bertz CT molecular complexity index is 748. The number of rotatable bonds is 4. The molecule has 3 atom stereocenters. The van der Waals surface area contributed by atoms with E-state index in [-0.39, 0.29) is 5.41 Å². The number of likely N-dealkylation sites (tertiary alicyclic amines) is 1. The number of nitrogens with one attached hydrogen (secondary N) is 1. The normalized spacial score (nSPS) is 28.6. The van der Waals surface area contributed by atoms with E-state index in [0.717, 1.165) is 32.4 Å². The number of hydrogen-bond donors (Lipinski definition) is 2. The van der Waals surface area contributed by atoms with Crippen molar-refractivity contribution in [2.45, 2.75) is 43.7 Å². The summed E-state index contributed by atoms with van der Waals surface area (Å²) >= 11 is 0. The second-order valence-corrected chi connectivity index (χ2v) is 7.80. The molecule has 1 aromatic carbocycles. The van der Waals surface area contributed by atoms with Crippen LogP contribution < -0.4 is 5.32 Å². The lowest BCUT2D eigenvalue weighted by Gasteiger charge is -2.55. The molecule has 4 nitrogen and oxygen atoms in total. The maximum absolute atomic E-state index is 10.0. The minimum atomic E-state index is 0.0712. The number of nitrogens with zero attached hydrogens (tertiary/aromatic N) is 2. The van der Waals surface area contributed by atoms with Crippen molar-refractivity contribution in [3.63, 3.8) is 0 Å². The lowest BCUT2D eigenvalue weighted by atomic mass is 9.61. The van der Waals surface area contributed by atoms with Gasteiger partial charge in [-0.15, -0.1) is 0 Å². The zero-order chi connectivity index (χ0) is 17.4. The maximum Gasteiger partial charge on any atom is 0.115 e. The number of aromatic hydroxyl groups is 1. The molecule has 0 unspecified atom stereocenters. The van der Waals surface area contributed by atoms with Gasteiger partial charge in [0.1, 0.15) is 5.75 Å². The van der Waals surface area contributed by atoms with Crippen LogP contribution in [0.2, 0.25) is 0 Å². The summed E-state index contributed by atoms with van der Waals surface area (Å²) < 4.78 is 0. The summed E-state index contributed by atoms with van der Waals surface area (Å²) in [6.45, 7) is 4.44. The van der Waals surface area contributed by atoms with Gasteiger partial charge in [-0.3, -0.25) is 4.98 Å². The van der Waals surface area contributed by atoms with Gasteiger partial charge in [-0.05, 0) is 80.4 Å². The van der Waals surface area contributed by atoms with Gasteiger partial charge in [0.2, 0.25) is 0 Å². The van der Waals surface area contributed by atoms with Gasteiger partial charge < -0.3 is 15.3 Å². The Kier molecular flexibility index (Phi) is 4.26. The summed E-state index contributed by atoms with van der Waals surface area (Å²) in [7, 11) is 2.24. The molecule has 1 saturated heterocycles. The molecule has 4 rings (SSSR count). The third-order valence-electron chi connectivity index (χ3n) is 6.29. The number of phenolic OH excluding ortho intramolecular Hbond substituents is 1.